The van der Waals surface area contributed by atoms with E-state index in [1.165, 1.54) is 5.56 Å². The number of carbonyl (C=O) groups excluding carboxylic acids is 1. The molecule has 0 unspecified atom stereocenters. The molecule has 0 aromatic carbocycles. The number of amides is 1. The zero-order valence-corrected chi connectivity index (χ0v) is 12.1. The van der Waals surface area contributed by atoms with Crippen molar-refractivity contribution in [2.75, 3.05) is 47.3 Å². The van der Waals surface area contributed by atoms with Gasteiger partial charge in [-0.05, 0) is 38.2 Å². The van der Waals surface area contributed by atoms with Gasteiger partial charge in [0.05, 0.1) is 6.54 Å². The second-order valence-electron chi connectivity index (χ2n) is 4.90. The summed E-state index contributed by atoms with van der Waals surface area (Å²) >= 11 is 0. The van der Waals surface area contributed by atoms with Gasteiger partial charge in [0.15, 0.2) is 0 Å². The summed E-state index contributed by atoms with van der Waals surface area (Å²) in [5.74, 6) is 0.132. The number of pyridine rings is 1. The van der Waals surface area contributed by atoms with Gasteiger partial charge in [-0.25, -0.2) is 0 Å². The predicted molar refractivity (Wildman–Crippen MR) is 77.0 cm³/mol. The van der Waals surface area contributed by atoms with Crippen LogP contribution in [0.25, 0.3) is 0 Å². The molecular weight excluding hydrogens is 240 g/mol. The zero-order valence-electron chi connectivity index (χ0n) is 12.1. The van der Waals surface area contributed by atoms with E-state index >= 15 is 0 Å². The van der Waals surface area contributed by atoms with Crippen molar-refractivity contribution in [2.45, 2.75) is 6.42 Å². The summed E-state index contributed by atoms with van der Waals surface area (Å²) in [6, 6.07) is 3.96. The van der Waals surface area contributed by atoms with Crippen molar-refractivity contribution in [2.24, 2.45) is 0 Å². The van der Waals surface area contributed by atoms with Gasteiger partial charge in [0.1, 0.15) is 0 Å². The molecule has 0 aliphatic carbocycles. The van der Waals surface area contributed by atoms with Crippen LogP contribution in [0.2, 0.25) is 0 Å². The summed E-state index contributed by atoms with van der Waals surface area (Å²) < 4.78 is 0. The fourth-order valence-corrected chi connectivity index (χ4v) is 1.60. The third kappa shape index (κ3) is 6.88. The fraction of sp³-hybridized carbons (Fsp3) is 0.571. The number of carbonyl (C=O) groups is 1. The second-order valence-corrected chi connectivity index (χ2v) is 4.90. The van der Waals surface area contributed by atoms with Crippen molar-refractivity contribution in [3.8, 4) is 0 Å². The number of hydrogen-bond donors (Lipinski definition) is 1. The molecule has 0 spiro atoms. The van der Waals surface area contributed by atoms with E-state index in [0.717, 1.165) is 26.1 Å². The molecule has 106 valence electrons. The molecule has 1 aromatic rings. The Morgan fingerprint density at radius 2 is 1.89 bits per heavy atom. The SMILES string of the molecule is CN(C)CCNCC(=O)N(C)CCc1ccncc1. The standard InChI is InChI=1S/C14H24N4O/c1-17(2)11-9-16-12-14(19)18(3)10-6-13-4-7-15-8-5-13/h4-5,7-8,16H,6,9-12H2,1-3H3. The van der Waals surface area contributed by atoms with Crippen LogP contribution >= 0.6 is 0 Å². The van der Waals surface area contributed by atoms with Crippen LogP contribution in [0.5, 0.6) is 0 Å². The van der Waals surface area contributed by atoms with Crippen molar-refractivity contribution in [1.82, 2.24) is 20.1 Å². The molecule has 1 N–H and O–H groups in total. The highest BCUT2D eigenvalue weighted by atomic mass is 16.2. The van der Waals surface area contributed by atoms with Crippen molar-refractivity contribution < 1.29 is 4.79 Å². The first-order valence-electron chi connectivity index (χ1n) is 6.58. The normalized spacial score (nSPS) is 10.7. The molecule has 0 aliphatic rings. The fourth-order valence-electron chi connectivity index (χ4n) is 1.60. The molecule has 0 saturated carbocycles. The lowest BCUT2D eigenvalue weighted by molar-refractivity contribution is -0.128. The van der Waals surface area contributed by atoms with Crippen LogP contribution in [0.4, 0.5) is 0 Å². The summed E-state index contributed by atoms with van der Waals surface area (Å²) in [4.78, 5) is 19.7. The van der Waals surface area contributed by atoms with E-state index in [1.54, 1.807) is 17.3 Å². The van der Waals surface area contributed by atoms with Gasteiger partial charge in [-0.3, -0.25) is 9.78 Å². The summed E-state index contributed by atoms with van der Waals surface area (Å²) in [5.41, 5.74) is 1.20. The predicted octanol–water partition coefficient (Wildman–Crippen LogP) is 0.234. The van der Waals surface area contributed by atoms with Crippen LogP contribution in [0.15, 0.2) is 24.5 Å². The number of hydrogen-bond acceptors (Lipinski definition) is 4. The molecule has 1 aromatic heterocycles. The third-order valence-electron chi connectivity index (χ3n) is 2.92. The number of aromatic nitrogens is 1. The molecule has 1 amide bonds. The van der Waals surface area contributed by atoms with Gasteiger partial charge >= 0.3 is 0 Å². The molecular formula is C14H24N4O. The molecule has 1 heterocycles. The van der Waals surface area contributed by atoms with E-state index in [0.29, 0.717) is 6.54 Å². The smallest absolute Gasteiger partial charge is 0.236 e. The Morgan fingerprint density at radius 1 is 1.21 bits per heavy atom. The molecule has 0 atom stereocenters. The Hall–Kier alpha value is -1.46. The second kappa shape index (κ2) is 8.61. The highest BCUT2D eigenvalue weighted by molar-refractivity contribution is 5.77. The molecule has 5 nitrogen and oxygen atoms in total. The third-order valence-corrected chi connectivity index (χ3v) is 2.92. The van der Waals surface area contributed by atoms with Gasteiger partial charge in [-0.1, -0.05) is 0 Å². The minimum Gasteiger partial charge on any atom is -0.344 e. The zero-order chi connectivity index (χ0) is 14.1. The van der Waals surface area contributed by atoms with Crippen molar-refractivity contribution >= 4 is 5.91 Å². The van der Waals surface area contributed by atoms with Crippen LogP contribution in [0, 0.1) is 0 Å². The molecule has 0 bridgehead atoms. The molecule has 1 rings (SSSR count). The Labute approximate surface area is 115 Å². The Kier molecular flexibility index (Phi) is 7.07. The van der Waals surface area contributed by atoms with Crippen LogP contribution in [-0.4, -0.2) is 68.0 Å². The highest BCUT2D eigenvalue weighted by Gasteiger charge is 2.07. The van der Waals surface area contributed by atoms with Gasteiger partial charge in [-0.2, -0.15) is 0 Å². The average Bonchev–Trinajstić information content (AvgIpc) is 2.41. The first-order chi connectivity index (χ1) is 9.09. The molecule has 0 fully saturated rings. The van der Waals surface area contributed by atoms with Gasteiger partial charge in [-0.15, -0.1) is 0 Å². The summed E-state index contributed by atoms with van der Waals surface area (Å²) in [6.45, 7) is 2.91. The van der Waals surface area contributed by atoms with Crippen LogP contribution in [-0.2, 0) is 11.2 Å². The Balaban J connectivity index is 2.18. The van der Waals surface area contributed by atoms with Crippen LogP contribution in [0.3, 0.4) is 0 Å². The Morgan fingerprint density at radius 3 is 2.53 bits per heavy atom. The van der Waals surface area contributed by atoms with E-state index in [2.05, 4.69) is 15.2 Å². The molecule has 0 saturated heterocycles. The number of nitrogens with zero attached hydrogens (tertiary/aromatic N) is 3. The lowest BCUT2D eigenvalue weighted by Crippen LogP contribution is -2.38. The first kappa shape index (κ1) is 15.6. The van der Waals surface area contributed by atoms with E-state index in [1.807, 2.05) is 33.3 Å². The first-order valence-corrected chi connectivity index (χ1v) is 6.58. The molecule has 0 aliphatic heterocycles. The van der Waals surface area contributed by atoms with Crippen molar-refractivity contribution in [1.29, 1.82) is 0 Å². The summed E-state index contributed by atoms with van der Waals surface area (Å²) in [6.07, 6.45) is 4.42. The minimum atomic E-state index is 0.132. The van der Waals surface area contributed by atoms with Crippen LogP contribution in [0.1, 0.15) is 5.56 Å². The lowest BCUT2D eigenvalue weighted by Gasteiger charge is -2.18. The minimum absolute atomic E-state index is 0.132. The van der Waals surface area contributed by atoms with E-state index in [9.17, 15) is 4.79 Å². The largest absolute Gasteiger partial charge is 0.344 e. The number of nitrogens with one attached hydrogen (secondary N) is 1. The number of rotatable bonds is 8. The van der Waals surface area contributed by atoms with Gasteiger partial charge in [0.25, 0.3) is 0 Å². The topological polar surface area (TPSA) is 48.5 Å². The van der Waals surface area contributed by atoms with Crippen LogP contribution < -0.4 is 5.32 Å². The lowest BCUT2D eigenvalue weighted by atomic mass is 10.2. The average molecular weight is 264 g/mol. The van der Waals surface area contributed by atoms with Gasteiger partial charge < -0.3 is 15.1 Å². The summed E-state index contributed by atoms with van der Waals surface area (Å²) in [7, 11) is 5.88. The monoisotopic (exact) mass is 264 g/mol. The van der Waals surface area contributed by atoms with Gasteiger partial charge in [0, 0.05) is 39.1 Å². The van der Waals surface area contributed by atoms with E-state index < -0.39 is 0 Å². The molecule has 19 heavy (non-hydrogen) atoms. The number of likely N-dealkylation sites (N-methyl/N-ethyl adjacent to an activating group) is 2. The van der Waals surface area contributed by atoms with E-state index in [-0.39, 0.29) is 5.91 Å². The molecule has 5 heteroatoms. The summed E-state index contributed by atoms with van der Waals surface area (Å²) in [5, 5.41) is 3.15. The molecule has 0 radical (unpaired) electrons. The van der Waals surface area contributed by atoms with Crippen molar-refractivity contribution in [3.05, 3.63) is 30.1 Å². The maximum absolute atomic E-state index is 11.8. The maximum Gasteiger partial charge on any atom is 0.236 e. The quantitative estimate of drug-likeness (QED) is 0.683. The van der Waals surface area contributed by atoms with Crippen molar-refractivity contribution in [3.63, 3.8) is 0 Å². The highest BCUT2D eigenvalue weighted by Crippen LogP contribution is 1.98. The van der Waals surface area contributed by atoms with E-state index in [4.69, 9.17) is 0 Å². The maximum atomic E-state index is 11.8. The Bertz CT molecular complexity index is 367. The van der Waals surface area contributed by atoms with Gasteiger partial charge in [0.2, 0.25) is 5.91 Å².